The quantitative estimate of drug-likeness (QED) is 0.217. The smallest absolute Gasteiger partial charge is 0.305 e. The van der Waals surface area contributed by atoms with Crippen molar-refractivity contribution in [1.29, 1.82) is 0 Å². The summed E-state index contributed by atoms with van der Waals surface area (Å²) >= 11 is 1.12. The van der Waals surface area contributed by atoms with Crippen molar-refractivity contribution >= 4 is 27.5 Å². The van der Waals surface area contributed by atoms with Gasteiger partial charge in [0, 0.05) is 25.7 Å². The maximum Gasteiger partial charge on any atom is 0.305 e. The van der Waals surface area contributed by atoms with Gasteiger partial charge in [0.15, 0.2) is 0 Å². The molecule has 0 aliphatic heterocycles. The fourth-order valence-electron chi connectivity index (χ4n) is 5.00. The van der Waals surface area contributed by atoms with Crippen molar-refractivity contribution in [1.82, 2.24) is 20.9 Å². The molecule has 1 saturated carbocycles. The topological polar surface area (TPSA) is 106 Å². The van der Waals surface area contributed by atoms with Crippen LogP contribution in [0.2, 0.25) is 0 Å². The number of aromatic hydroxyl groups is 1. The molecule has 5 N–H and O–H groups in total. The number of aryl methyl sites for hydroxylation is 1. The number of aromatic nitrogens is 1. The van der Waals surface area contributed by atoms with Crippen LogP contribution in [0, 0.1) is 11.7 Å². The Hall–Kier alpha value is -2.75. The van der Waals surface area contributed by atoms with E-state index in [1.165, 1.54) is 25.3 Å². The standard InChI is InChI=1S/C28H37FN4O3S/c29-22-6-4-5-19(17-22)9-10-21(27(35)32-23-7-2-1-3-8-23)18-31-16-15-30-14-13-20-11-12-24(34)25-26(20)37-28(36)33-25/h4-6,11-12,17,21,23,30-31,34H,1-3,7-10,13-16,18H2,(H,32,35)(H,33,36). The van der Waals surface area contributed by atoms with Crippen molar-refractivity contribution in [2.45, 2.75) is 57.4 Å². The van der Waals surface area contributed by atoms with Crippen LogP contribution < -0.4 is 20.8 Å². The van der Waals surface area contributed by atoms with E-state index in [-0.39, 0.29) is 34.3 Å². The molecule has 1 amide bonds. The number of phenols is 1. The molecule has 0 radical (unpaired) electrons. The van der Waals surface area contributed by atoms with Crippen LogP contribution in [0.1, 0.15) is 49.7 Å². The number of hydrogen-bond acceptors (Lipinski definition) is 6. The number of H-pyrrole nitrogens is 1. The second kappa shape index (κ2) is 13.7. The van der Waals surface area contributed by atoms with Gasteiger partial charge in [0.2, 0.25) is 5.91 Å². The van der Waals surface area contributed by atoms with E-state index in [9.17, 15) is 19.1 Å². The lowest BCUT2D eigenvalue weighted by molar-refractivity contribution is -0.126. The number of halogens is 1. The van der Waals surface area contributed by atoms with Crippen molar-refractivity contribution in [3.63, 3.8) is 0 Å². The summed E-state index contributed by atoms with van der Waals surface area (Å²) in [5.74, 6) is -0.241. The normalized spacial score (nSPS) is 15.2. The van der Waals surface area contributed by atoms with Crippen LogP contribution in [0.4, 0.5) is 4.39 Å². The number of phenolic OH excluding ortho intramolecular Hbond substituents is 1. The van der Waals surface area contributed by atoms with Crippen molar-refractivity contribution in [3.05, 3.63) is 63.0 Å². The third kappa shape index (κ3) is 8.12. The van der Waals surface area contributed by atoms with Gasteiger partial charge in [0.05, 0.1) is 10.6 Å². The van der Waals surface area contributed by atoms with Crippen LogP contribution in [-0.4, -0.2) is 48.2 Å². The number of amides is 1. The lowest BCUT2D eigenvalue weighted by Gasteiger charge is -2.26. The van der Waals surface area contributed by atoms with Gasteiger partial charge in [0.1, 0.15) is 17.1 Å². The van der Waals surface area contributed by atoms with E-state index < -0.39 is 0 Å². The zero-order valence-corrected chi connectivity index (χ0v) is 22.0. The van der Waals surface area contributed by atoms with Crippen LogP contribution in [0.5, 0.6) is 5.75 Å². The maximum atomic E-state index is 13.6. The number of rotatable bonds is 13. The van der Waals surface area contributed by atoms with Gasteiger partial charge in [-0.05, 0) is 68.0 Å². The molecule has 7 nitrogen and oxygen atoms in total. The molecular formula is C28H37FN4O3S. The monoisotopic (exact) mass is 528 g/mol. The largest absolute Gasteiger partial charge is 0.506 e. The highest BCUT2D eigenvalue weighted by Crippen LogP contribution is 2.27. The van der Waals surface area contributed by atoms with Crippen molar-refractivity contribution in [3.8, 4) is 5.75 Å². The number of thiazole rings is 1. The summed E-state index contributed by atoms with van der Waals surface area (Å²) in [5.41, 5.74) is 2.44. The van der Waals surface area contributed by atoms with Gasteiger partial charge in [-0.15, -0.1) is 0 Å². The molecule has 1 atom stereocenters. The average Bonchev–Trinajstić information content (AvgIpc) is 3.29. The van der Waals surface area contributed by atoms with E-state index >= 15 is 0 Å². The van der Waals surface area contributed by atoms with Crippen LogP contribution in [0.15, 0.2) is 41.2 Å². The molecule has 1 aromatic heterocycles. The molecule has 0 spiro atoms. The molecule has 200 valence electrons. The Balaban J connectivity index is 1.22. The fourth-order valence-corrected chi connectivity index (χ4v) is 5.89. The Labute approximate surface area is 220 Å². The molecule has 0 saturated heterocycles. The second-order valence-electron chi connectivity index (χ2n) is 9.88. The zero-order chi connectivity index (χ0) is 26.0. The van der Waals surface area contributed by atoms with E-state index in [1.54, 1.807) is 18.2 Å². The van der Waals surface area contributed by atoms with E-state index in [0.29, 0.717) is 24.9 Å². The summed E-state index contributed by atoms with van der Waals surface area (Å²) in [6.45, 7) is 2.77. The summed E-state index contributed by atoms with van der Waals surface area (Å²) in [6.07, 6.45) is 7.74. The number of nitrogens with one attached hydrogen (secondary N) is 4. The first-order valence-corrected chi connectivity index (χ1v) is 14.1. The Kier molecular flexibility index (Phi) is 10.1. The average molecular weight is 529 g/mol. The first-order chi connectivity index (χ1) is 18.0. The SMILES string of the molecule is O=C(NC1CCCCC1)C(CCc1cccc(F)c1)CNCCNCCc1ccc(O)c2[nH]c(=O)sc12. The summed E-state index contributed by atoms with van der Waals surface area (Å²) in [4.78, 5) is 27.3. The van der Waals surface area contributed by atoms with Gasteiger partial charge in [0.25, 0.3) is 0 Å². The van der Waals surface area contributed by atoms with Crippen LogP contribution in [0.3, 0.4) is 0 Å². The molecule has 9 heteroatoms. The number of fused-ring (bicyclic) bond motifs is 1. The van der Waals surface area contributed by atoms with E-state index in [1.807, 2.05) is 12.1 Å². The Morgan fingerprint density at radius 1 is 1.08 bits per heavy atom. The fraction of sp³-hybridized carbons (Fsp3) is 0.500. The molecule has 1 aliphatic rings. The highest BCUT2D eigenvalue weighted by atomic mass is 32.1. The van der Waals surface area contributed by atoms with Crippen molar-refractivity contribution in [2.24, 2.45) is 5.92 Å². The molecule has 1 aliphatic carbocycles. The van der Waals surface area contributed by atoms with Gasteiger partial charge in [-0.25, -0.2) is 4.39 Å². The summed E-state index contributed by atoms with van der Waals surface area (Å²) < 4.78 is 14.4. The molecule has 3 aromatic rings. The van der Waals surface area contributed by atoms with E-state index in [4.69, 9.17) is 0 Å². The van der Waals surface area contributed by atoms with E-state index in [2.05, 4.69) is 20.9 Å². The van der Waals surface area contributed by atoms with E-state index in [0.717, 1.165) is 66.1 Å². The first kappa shape index (κ1) is 27.3. The Morgan fingerprint density at radius 2 is 1.89 bits per heavy atom. The van der Waals surface area contributed by atoms with Crippen LogP contribution >= 0.6 is 11.3 Å². The van der Waals surface area contributed by atoms with Crippen molar-refractivity contribution in [2.75, 3.05) is 26.2 Å². The minimum atomic E-state index is -0.247. The Morgan fingerprint density at radius 3 is 2.70 bits per heavy atom. The number of carbonyl (C=O) groups excluding carboxylic acids is 1. The zero-order valence-electron chi connectivity index (χ0n) is 21.2. The summed E-state index contributed by atoms with van der Waals surface area (Å²) in [6, 6.07) is 10.3. The molecule has 1 unspecified atom stereocenters. The number of hydrogen-bond donors (Lipinski definition) is 5. The van der Waals surface area contributed by atoms with Gasteiger partial charge < -0.3 is 26.0 Å². The third-order valence-corrected chi connectivity index (χ3v) is 8.03. The highest BCUT2D eigenvalue weighted by Gasteiger charge is 2.22. The van der Waals surface area contributed by atoms with Crippen molar-refractivity contribution < 1.29 is 14.3 Å². The predicted octanol–water partition coefficient (Wildman–Crippen LogP) is 3.85. The Bertz CT molecular complexity index is 1220. The molecule has 2 aromatic carbocycles. The molecule has 1 heterocycles. The second-order valence-corrected chi connectivity index (χ2v) is 10.9. The minimum absolute atomic E-state index is 0.0885. The molecule has 0 bridgehead atoms. The predicted molar refractivity (Wildman–Crippen MR) is 147 cm³/mol. The minimum Gasteiger partial charge on any atom is -0.506 e. The molecule has 4 rings (SSSR count). The molecule has 37 heavy (non-hydrogen) atoms. The van der Waals surface area contributed by atoms with Gasteiger partial charge in [-0.1, -0.05) is 48.8 Å². The lowest BCUT2D eigenvalue weighted by Crippen LogP contribution is -2.43. The highest BCUT2D eigenvalue weighted by molar-refractivity contribution is 7.16. The van der Waals surface area contributed by atoms with Gasteiger partial charge >= 0.3 is 4.87 Å². The number of benzene rings is 2. The van der Waals surface area contributed by atoms with Crippen LogP contribution in [-0.2, 0) is 17.6 Å². The lowest BCUT2D eigenvalue weighted by atomic mass is 9.93. The maximum absolute atomic E-state index is 13.6. The first-order valence-electron chi connectivity index (χ1n) is 13.3. The van der Waals surface area contributed by atoms with Gasteiger partial charge in [-0.2, -0.15) is 0 Å². The molecule has 1 fully saturated rings. The molecular weight excluding hydrogens is 491 g/mol. The van der Waals surface area contributed by atoms with Crippen LogP contribution in [0.25, 0.3) is 10.2 Å². The number of carbonyl (C=O) groups is 1. The number of aromatic amines is 1. The summed E-state index contributed by atoms with van der Waals surface area (Å²) in [5, 5.41) is 20.0. The van der Waals surface area contributed by atoms with Gasteiger partial charge in [-0.3, -0.25) is 9.59 Å². The summed E-state index contributed by atoms with van der Waals surface area (Å²) in [7, 11) is 0. The third-order valence-electron chi connectivity index (χ3n) is 7.07.